The first-order chi connectivity index (χ1) is 12.1. The van der Waals surface area contributed by atoms with Crippen molar-refractivity contribution in [2.75, 3.05) is 43.0 Å². The van der Waals surface area contributed by atoms with E-state index in [-0.39, 0.29) is 11.9 Å². The number of carbonyl (C=O) groups is 1. The minimum absolute atomic E-state index is 0.127. The van der Waals surface area contributed by atoms with Crippen molar-refractivity contribution >= 4 is 28.9 Å². The van der Waals surface area contributed by atoms with Crippen molar-refractivity contribution in [3.63, 3.8) is 0 Å². The number of para-hydroxylation sites is 1. The van der Waals surface area contributed by atoms with Gasteiger partial charge in [-0.25, -0.2) is 0 Å². The van der Waals surface area contributed by atoms with Crippen LogP contribution in [0.1, 0.15) is 6.92 Å². The van der Waals surface area contributed by atoms with Crippen LogP contribution in [0.5, 0.6) is 0 Å². The standard InChI is InChI=1S/C20H24ClN3O/c1-16(20(25)22(2)18-8-4-3-5-9-18)23-11-13-24(14-12-23)19-10-6-7-17(21)15-19/h3-10,15-16H,11-14H2,1-2H3/t16-/m0/s1. The van der Waals surface area contributed by atoms with E-state index < -0.39 is 0 Å². The molecule has 1 fully saturated rings. The lowest BCUT2D eigenvalue weighted by Gasteiger charge is -2.39. The Morgan fingerprint density at radius 2 is 1.72 bits per heavy atom. The van der Waals surface area contributed by atoms with E-state index in [9.17, 15) is 4.79 Å². The van der Waals surface area contributed by atoms with Crippen molar-refractivity contribution in [2.45, 2.75) is 13.0 Å². The fourth-order valence-corrected chi connectivity index (χ4v) is 3.44. The topological polar surface area (TPSA) is 26.8 Å². The number of nitrogens with zero attached hydrogens (tertiary/aromatic N) is 3. The van der Waals surface area contributed by atoms with Crippen molar-refractivity contribution in [3.05, 3.63) is 59.6 Å². The molecule has 1 heterocycles. The third kappa shape index (κ3) is 4.14. The number of halogens is 1. The van der Waals surface area contributed by atoms with Gasteiger partial charge >= 0.3 is 0 Å². The number of amides is 1. The number of piperazine rings is 1. The van der Waals surface area contributed by atoms with Crippen molar-refractivity contribution in [2.24, 2.45) is 0 Å². The number of hydrogen-bond acceptors (Lipinski definition) is 3. The third-order valence-electron chi connectivity index (χ3n) is 4.87. The molecular weight excluding hydrogens is 334 g/mol. The molecule has 0 radical (unpaired) electrons. The van der Waals surface area contributed by atoms with Gasteiger partial charge in [-0.2, -0.15) is 0 Å². The molecule has 1 atom stereocenters. The Morgan fingerprint density at radius 1 is 1.04 bits per heavy atom. The van der Waals surface area contributed by atoms with E-state index >= 15 is 0 Å². The van der Waals surface area contributed by atoms with Gasteiger partial charge in [0.1, 0.15) is 0 Å². The molecule has 1 saturated heterocycles. The van der Waals surface area contributed by atoms with Crippen LogP contribution in [-0.2, 0) is 4.79 Å². The molecule has 25 heavy (non-hydrogen) atoms. The molecule has 1 amide bonds. The highest BCUT2D eigenvalue weighted by Crippen LogP contribution is 2.22. The molecule has 2 aromatic rings. The van der Waals surface area contributed by atoms with E-state index in [1.165, 1.54) is 0 Å². The number of rotatable bonds is 4. The lowest BCUT2D eigenvalue weighted by atomic mass is 10.1. The first kappa shape index (κ1) is 17.8. The highest BCUT2D eigenvalue weighted by Gasteiger charge is 2.28. The lowest BCUT2D eigenvalue weighted by molar-refractivity contribution is -0.123. The SMILES string of the molecule is C[C@@H](C(=O)N(C)c1ccccc1)N1CCN(c2cccc(Cl)c2)CC1. The highest BCUT2D eigenvalue weighted by molar-refractivity contribution is 6.30. The van der Waals surface area contributed by atoms with Crippen LogP contribution in [0.15, 0.2) is 54.6 Å². The van der Waals surface area contributed by atoms with Crippen LogP contribution in [0.3, 0.4) is 0 Å². The minimum atomic E-state index is -0.133. The van der Waals surface area contributed by atoms with Crippen LogP contribution in [0.25, 0.3) is 0 Å². The summed E-state index contributed by atoms with van der Waals surface area (Å²) in [6.45, 7) is 5.51. The van der Waals surface area contributed by atoms with Gasteiger partial charge in [-0.05, 0) is 37.3 Å². The molecule has 0 unspecified atom stereocenters. The zero-order valence-corrected chi connectivity index (χ0v) is 15.5. The summed E-state index contributed by atoms with van der Waals surface area (Å²) >= 11 is 6.09. The maximum atomic E-state index is 12.8. The van der Waals surface area contributed by atoms with E-state index in [2.05, 4.69) is 15.9 Å². The normalized spacial score (nSPS) is 16.5. The van der Waals surface area contributed by atoms with Gasteiger partial charge in [-0.3, -0.25) is 9.69 Å². The first-order valence-electron chi connectivity index (χ1n) is 8.63. The Kier molecular flexibility index (Phi) is 5.61. The van der Waals surface area contributed by atoms with Gasteiger partial charge in [0.15, 0.2) is 0 Å². The van der Waals surface area contributed by atoms with E-state index in [0.29, 0.717) is 0 Å². The molecule has 3 rings (SSSR count). The number of likely N-dealkylation sites (N-methyl/N-ethyl adjacent to an activating group) is 1. The van der Waals surface area contributed by atoms with Gasteiger partial charge in [-0.15, -0.1) is 0 Å². The maximum Gasteiger partial charge on any atom is 0.243 e. The van der Waals surface area contributed by atoms with Gasteiger partial charge in [0.05, 0.1) is 6.04 Å². The monoisotopic (exact) mass is 357 g/mol. The Morgan fingerprint density at radius 3 is 2.36 bits per heavy atom. The second kappa shape index (κ2) is 7.89. The second-order valence-electron chi connectivity index (χ2n) is 6.41. The smallest absolute Gasteiger partial charge is 0.243 e. The Balaban J connectivity index is 1.59. The zero-order valence-electron chi connectivity index (χ0n) is 14.7. The van der Waals surface area contributed by atoms with E-state index in [0.717, 1.165) is 42.6 Å². The molecule has 0 N–H and O–H groups in total. The first-order valence-corrected chi connectivity index (χ1v) is 9.01. The zero-order chi connectivity index (χ0) is 17.8. The summed E-state index contributed by atoms with van der Waals surface area (Å²) in [5.41, 5.74) is 2.07. The van der Waals surface area contributed by atoms with Crippen molar-refractivity contribution < 1.29 is 4.79 Å². The largest absolute Gasteiger partial charge is 0.369 e. The van der Waals surface area contributed by atoms with Crippen LogP contribution in [0.2, 0.25) is 5.02 Å². The van der Waals surface area contributed by atoms with E-state index in [4.69, 9.17) is 11.6 Å². The van der Waals surface area contributed by atoms with Crippen LogP contribution in [0.4, 0.5) is 11.4 Å². The molecule has 5 heteroatoms. The maximum absolute atomic E-state index is 12.8. The van der Waals surface area contributed by atoms with Crippen LogP contribution >= 0.6 is 11.6 Å². The summed E-state index contributed by atoms with van der Waals surface area (Å²) in [6.07, 6.45) is 0. The van der Waals surface area contributed by atoms with E-state index in [1.54, 1.807) is 4.90 Å². The van der Waals surface area contributed by atoms with Gasteiger partial charge in [0.2, 0.25) is 5.91 Å². The van der Waals surface area contributed by atoms with Crippen molar-refractivity contribution in [1.29, 1.82) is 0 Å². The molecule has 0 saturated carbocycles. The summed E-state index contributed by atoms with van der Waals surface area (Å²) in [7, 11) is 1.84. The van der Waals surface area contributed by atoms with Crippen LogP contribution in [0, 0.1) is 0 Å². The molecule has 0 spiro atoms. The van der Waals surface area contributed by atoms with Crippen molar-refractivity contribution in [3.8, 4) is 0 Å². The number of benzene rings is 2. The molecule has 132 valence electrons. The van der Waals surface area contributed by atoms with Gasteiger partial charge in [0, 0.05) is 49.6 Å². The lowest BCUT2D eigenvalue weighted by Crippen LogP contribution is -2.54. The average molecular weight is 358 g/mol. The van der Waals surface area contributed by atoms with E-state index in [1.807, 2.05) is 62.5 Å². The summed E-state index contributed by atoms with van der Waals surface area (Å²) in [4.78, 5) is 19.1. The van der Waals surface area contributed by atoms with Gasteiger partial charge in [-0.1, -0.05) is 35.9 Å². The molecule has 0 aromatic heterocycles. The van der Waals surface area contributed by atoms with Crippen molar-refractivity contribution in [1.82, 2.24) is 4.90 Å². The Labute approximate surface area is 154 Å². The molecular formula is C20H24ClN3O. The average Bonchev–Trinajstić information content (AvgIpc) is 2.67. The fourth-order valence-electron chi connectivity index (χ4n) is 3.26. The quantitative estimate of drug-likeness (QED) is 0.837. The number of hydrogen-bond donors (Lipinski definition) is 0. The Bertz CT molecular complexity index is 714. The number of carbonyl (C=O) groups excluding carboxylic acids is 1. The second-order valence-corrected chi connectivity index (χ2v) is 6.85. The molecule has 1 aliphatic rings. The summed E-state index contributed by atoms with van der Waals surface area (Å²) < 4.78 is 0. The summed E-state index contributed by atoms with van der Waals surface area (Å²) in [5, 5.41) is 0.757. The van der Waals surface area contributed by atoms with Crippen LogP contribution < -0.4 is 9.80 Å². The fraction of sp³-hybridized carbons (Fsp3) is 0.350. The summed E-state index contributed by atoms with van der Waals surface area (Å²) in [5.74, 6) is 0.127. The molecule has 0 bridgehead atoms. The highest BCUT2D eigenvalue weighted by atomic mass is 35.5. The predicted octanol–water partition coefficient (Wildman–Crippen LogP) is 3.51. The summed E-state index contributed by atoms with van der Waals surface area (Å²) in [6, 6.07) is 17.6. The molecule has 1 aliphatic heterocycles. The molecule has 0 aliphatic carbocycles. The predicted molar refractivity (Wildman–Crippen MR) is 105 cm³/mol. The molecule has 4 nitrogen and oxygen atoms in total. The van der Waals surface area contributed by atoms with Gasteiger partial charge < -0.3 is 9.80 Å². The van der Waals surface area contributed by atoms with Gasteiger partial charge in [0.25, 0.3) is 0 Å². The van der Waals surface area contributed by atoms with Crippen LogP contribution in [-0.4, -0.2) is 50.1 Å². The number of anilines is 2. The molecule has 2 aromatic carbocycles. The minimum Gasteiger partial charge on any atom is -0.369 e. The third-order valence-corrected chi connectivity index (χ3v) is 5.10. The Hall–Kier alpha value is -2.04.